The maximum atomic E-state index is 13.4. The summed E-state index contributed by atoms with van der Waals surface area (Å²) in [7, 11) is 0. The molecule has 0 spiro atoms. The summed E-state index contributed by atoms with van der Waals surface area (Å²) in [6.45, 7) is 2.26. The second-order valence-electron chi connectivity index (χ2n) is 4.29. The predicted octanol–water partition coefficient (Wildman–Crippen LogP) is 2.50. The Bertz CT molecular complexity index is 567. The van der Waals surface area contributed by atoms with Gasteiger partial charge in [0.1, 0.15) is 5.82 Å². The number of aromatic nitrogens is 1. The van der Waals surface area contributed by atoms with E-state index in [2.05, 4.69) is 10.3 Å². The van der Waals surface area contributed by atoms with Gasteiger partial charge in [0.2, 0.25) is 0 Å². The zero-order chi connectivity index (χ0) is 13.7. The van der Waals surface area contributed by atoms with Crippen LogP contribution >= 0.6 is 0 Å². The van der Waals surface area contributed by atoms with Crippen molar-refractivity contribution in [1.29, 1.82) is 0 Å². The number of amides is 1. The van der Waals surface area contributed by atoms with Crippen molar-refractivity contribution in [3.05, 3.63) is 65.2 Å². The van der Waals surface area contributed by atoms with Crippen molar-refractivity contribution in [3.63, 3.8) is 0 Å². The molecule has 4 heteroatoms. The van der Waals surface area contributed by atoms with Crippen molar-refractivity contribution in [3.8, 4) is 0 Å². The van der Waals surface area contributed by atoms with Crippen LogP contribution < -0.4 is 5.32 Å². The quantitative estimate of drug-likeness (QED) is 0.915. The molecule has 1 heterocycles. The lowest BCUT2D eigenvalue weighted by molar-refractivity contribution is 0.0953. The molecule has 98 valence electrons. The first-order chi connectivity index (χ1) is 9.16. The molecule has 2 rings (SSSR count). The molecule has 1 N–H and O–H groups in total. The number of rotatable bonds is 4. The molecule has 0 aliphatic rings. The molecular weight excluding hydrogens is 243 g/mol. The summed E-state index contributed by atoms with van der Waals surface area (Å²) in [5.74, 6) is -0.433. The summed E-state index contributed by atoms with van der Waals surface area (Å²) in [4.78, 5) is 15.8. The van der Waals surface area contributed by atoms with Gasteiger partial charge in [-0.3, -0.25) is 9.78 Å². The second-order valence-corrected chi connectivity index (χ2v) is 4.29. The van der Waals surface area contributed by atoms with Crippen LogP contribution in [0.25, 0.3) is 0 Å². The lowest BCUT2D eigenvalue weighted by atomic mass is 10.1. The van der Waals surface area contributed by atoms with E-state index in [1.54, 1.807) is 30.3 Å². The highest BCUT2D eigenvalue weighted by Crippen LogP contribution is 2.06. The third-order valence-corrected chi connectivity index (χ3v) is 2.81. The maximum Gasteiger partial charge on any atom is 0.252 e. The molecule has 0 fully saturated rings. The average Bonchev–Trinajstić information content (AvgIpc) is 2.41. The third-order valence-electron chi connectivity index (χ3n) is 2.81. The molecule has 0 bridgehead atoms. The molecule has 1 aromatic carbocycles. The number of halogens is 1. The Morgan fingerprint density at radius 2 is 2.05 bits per heavy atom. The normalized spacial score (nSPS) is 10.2. The van der Waals surface area contributed by atoms with Crippen LogP contribution in [0.1, 0.15) is 21.6 Å². The molecule has 0 radical (unpaired) electrons. The summed E-state index contributed by atoms with van der Waals surface area (Å²) in [5.41, 5.74) is 1.98. The van der Waals surface area contributed by atoms with E-state index in [0.717, 1.165) is 5.69 Å². The van der Waals surface area contributed by atoms with Crippen molar-refractivity contribution in [2.24, 2.45) is 0 Å². The fraction of sp³-hybridized carbons (Fsp3) is 0.200. The van der Waals surface area contributed by atoms with Crippen LogP contribution in [0.4, 0.5) is 4.39 Å². The van der Waals surface area contributed by atoms with E-state index in [0.29, 0.717) is 24.1 Å². The van der Waals surface area contributed by atoms with Gasteiger partial charge in [-0.15, -0.1) is 0 Å². The minimum Gasteiger partial charge on any atom is -0.352 e. The molecule has 0 saturated carbocycles. The summed E-state index contributed by atoms with van der Waals surface area (Å²) < 4.78 is 13.4. The SMILES string of the molecule is Cc1ccc(C(=O)NCCc2ccccc2F)cn1. The number of carbonyl (C=O) groups excluding carboxylic acids is 1. The van der Waals surface area contributed by atoms with Crippen molar-refractivity contribution >= 4 is 5.91 Å². The molecule has 0 unspecified atom stereocenters. The number of hydrogen-bond acceptors (Lipinski definition) is 2. The Labute approximate surface area is 111 Å². The first kappa shape index (κ1) is 13.2. The number of pyridine rings is 1. The van der Waals surface area contributed by atoms with Gasteiger partial charge >= 0.3 is 0 Å². The Balaban J connectivity index is 1.88. The fourth-order valence-corrected chi connectivity index (χ4v) is 1.72. The zero-order valence-electron chi connectivity index (χ0n) is 10.7. The van der Waals surface area contributed by atoms with Gasteiger partial charge in [-0.1, -0.05) is 18.2 Å². The Hall–Kier alpha value is -2.23. The van der Waals surface area contributed by atoms with Gasteiger partial charge in [-0.2, -0.15) is 0 Å². The van der Waals surface area contributed by atoms with Crippen molar-refractivity contribution in [1.82, 2.24) is 10.3 Å². The number of hydrogen-bond donors (Lipinski definition) is 1. The minimum atomic E-state index is -0.242. The molecule has 2 aromatic rings. The van der Waals surface area contributed by atoms with E-state index in [-0.39, 0.29) is 11.7 Å². The maximum absolute atomic E-state index is 13.4. The van der Waals surface area contributed by atoms with E-state index in [9.17, 15) is 9.18 Å². The van der Waals surface area contributed by atoms with Gasteiger partial charge < -0.3 is 5.32 Å². The lowest BCUT2D eigenvalue weighted by Crippen LogP contribution is -2.26. The van der Waals surface area contributed by atoms with Crippen molar-refractivity contribution in [2.45, 2.75) is 13.3 Å². The zero-order valence-corrected chi connectivity index (χ0v) is 10.7. The molecule has 3 nitrogen and oxygen atoms in total. The topological polar surface area (TPSA) is 42.0 Å². The van der Waals surface area contributed by atoms with Gasteiger partial charge in [0.25, 0.3) is 5.91 Å². The van der Waals surface area contributed by atoms with Gasteiger partial charge in [-0.05, 0) is 37.1 Å². The van der Waals surface area contributed by atoms with Crippen LogP contribution in [0.3, 0.4) is 0 Å². The fourth-order valence-electron chi connectivity index (χ4n) is 1.72. The van der Waals surface area contributed by atoms with E-state index in [1.165, 1.54) is 12.3 Å². The van der Waals surface area contributed by atoms with E-state index in [1.807, 2.05) is 6.92 Å². The average molecular weight is 258 g/mol. The number of nitrogens with zero attached hydrogens (tertiary/aromatic N) is 1. The van der Waals surface area contributed by atoms with E-state index in [4.69, 9.17) is 0 Å². The van der Waals surface area contributed by atoms with Crippen molar-refractivity contribution < 1.29 is 9.18 Å². The lowest BCUT2D eigenvalue weighted by Gasteiger charge is -2.06. The summed E-state index contributed by atoms with van der Waals surface area (Å²) in [5, 5.41) is 2.75. The summed E-state index contributed by atoms with van der Waals surface area (Å²) in [6, 6.07) is 10.1. The van der Waals surface area contributed by atoms with Crippen LogP contribution in [-0.2, 0) is 6.42 Å². The highest BCUT2D eigenvalue weighted by Gasteiger charge is 2.06. The molecule has 0 atom stereocenters. The summed E-state index contributed by atoms with van der Waals surface area (Å²) >= 11 is 0. The van der Waals surface area contributed by atoms with Crippen LogP contribution in [0.2, 0.25) is 0 Å². The first-order valence-electron chi connectivity index (χ1n) is 6.11. The van der Waals surface area contributed by atoms with E-state index < -0.39 is 0 Å². The highest BCUT2D eigenvalue weighted by atomic mass is 19.1. The predicted molar refractivity (Wildman–Crippen MR) is 71.4 cm³/mol. The van der Waals surface area contributed by atoms with Gasteiger partial charge in [-0.25, -0.2) is 4.39 Å². The Morgan fingerprint density at radius 3 is 2.74 bits per heavy atom. The van der Waals surface area contributed by atoms with Gasteiger partial charge in [0, 0.05) is 18.4 Å². The van der Waals surface area contributed by atoms with Crippen LogP contribution in [0.5, 0.6) is 0 Å². The molecule has 19 heavy (non-hydrogen) atoms. The molecular formula is C15H15FN2O. The number of nitrogens with one attached hydrogen (secondary N) is 1. The number of aryl methyl sites for hydroxylation is 1. The number of carbonyl (C=O) groups is 1. The Kier molecular flexibility index (Phi) is 4.23. The smallest absolute Gasteiger partial charge is 0.252 e. The molecule has 0 saturated heterocycles. The van der Waals surface area contributed by atoms with Gasteiger partial charge in [0.15, 0.2) is 0 Å². The van der Waals surface area contributed by atoms with E-state index >= 15 is 0 Å². The van der Waals surface area contributed by atoms with Crippen LogP contribution in [-0.4, -0.2) is 17.4 Å². The molecule has 1 amide bonds. The monoisotopic (exact) mass is 258 g/mol. The standard InChI is InChI=1S/C15H15FN2O/c1-11-6-7-13(10-18-11)15(19)17-9-8-12-4-2-3-5-14(12)16/h2-7,10H,8-9H2,1H3,(H,17,19). The molecule has 1 aromatic heterocycles. The van der Waals surface area contributed by atoms with Gasteiger partial charge in [0.05, 0.1) is 5.56 Å². The van der Waals surface area contributed by atoms with Crippen LogP contribution in [0.15, 0.2) is 42.6 Å². The minimum absolute atomic E-state index is 0.191. The highest BCUT2D eigenvalue weighted by molar-refractivity contribution is 5.93. The number of benzene rings is 1. The van der Waals surface area contributed by atoms with Crippen molar-refractivity contribution in [2.75, 3.05) is 6.54 Å². The third kappa shape index (κ3) is 3.61. The molecule has 0 aliphatic carbocycles. The Morgan fingerprint density at radius 1 is 1.26 bits per heavy atom. The molecule has 0 aliphatic heterocycles. The second kappa shape index (κ2) is 6.09. The first-order valence-corrected chi connectivity index (χ1v) is 6.11. The largest absolute Gasteiger partial charge is 0.352 e. The summed E-state index contributed by atoms with van der Waals surface area (Å²) in [6.07, 6.45) is 2.01. The van der Waals surface area contributed by atoms with Crippen LogP contribution in [0, 0.1) is 12.7 Å².